The van der Waals surface area contributed by atoms with Crippen LogP contribution in [-0.2, 0) is 9.59 Å². The Kier molecular flexibility index (Phi) is 3.00. The fourth-order valence-electron chi connectivity index (χ4n) is 4.70. The Bertz CT molecular complexity index is 432. The van der Waals surface area contributed by atoms with E-state index in [1.807, 2.05) is 0 Å². The van der Waals surface area contributed by atoms with E-state index in [9.17, 15) is 9.59 Å². The van der Waals surface area contributed by atoms with Gasteiger partial charge in [0, 0.05) is 38.0 Å². The summed E-state index contributed by atoms with van der Waals surface area (Å²) in [5.74, 6) is 2.14. The molecule has 0 aromatic rings. The predicted molar refractivity (Wildman–Crippen MR) is 74.9 cm³/mol. The van der Waals surface area contributed by atoms with Gasteiger partial charge in [0.15, 0.2) is 0 Å². The lowest BCUT2D eigenvalue weighted by Crippen LogP contribution is -2.61. The molecule has 4 heteroatoms. The highest BCUT2D eigenvalue weighted by atomic mass is 16.2. The molecule has 2 amide bonds. The summed E-state index contributed by atoms with van der Waals surface area (Å²) in [5.41, 5.74) is 0. The van der Waals surface area contributed by atoms with Crippen LogP contribution in [-0.4, -0.2) is 47.3 Å². The standard InChI is InChI=1S/C16H24N2O2/c19-15-6-2-5-14-13-7-11(9-18(14)15)8-17(10-13)16(20)12-3-1-4-12/h11-14H,1-10H2/t11?,13?,14-/m1/s1. The van der Waals surface area contributed by atoms with Crippen molar-refractivity contribution in [3.05, 3.63) is 0 Å². The van der Waals surface area contributed by atoms with Crippen LogP contribution in [0.4, 0.5) is 0 Å². The Labute approximate surface area is 120 Å². The zero-order valence-electron chi connectivity index (χ0n) is 12.1. The van der Waals surface area contributed by atoms with E-state index in [0.29, 0.717) is 35.6 Å². The van der Waals surface area contributed by atoms with Crippen molar-refractivity contribution in [2.75, 3.05) is 19.6 Å². The summed E-state index contributed by atoms with van der Waals surface area (Å²) in [6.45, 7) is 2.69. The van der Waals surface area contributed by atoms with E-state index in [4.69, 9.17) is 0 Å². The maximum atomic E-state index is 12.5. The van der Waals surface area contributed by atoms with E-state index in [0.717, 1.165) is 51.7 Å². The van der Waals surface area contributed by atoms with Gasteiger partial charge in [-0.3, -0.25) is 9.59 Å². The van der Waals surface area contributed by atoms with Crippen LogP contribution in [0.1, 0.15) is 44.9 Å². The SMILES string of the molecule is O=C(C1CCC1)N1CC2CC(C1)[C@H]1CCCC(=O)N1C2. The Balaban J connectivity index is 1.49. The second-order valence-electron chi connectivity index (χ2n) is 7.24. The first-order chi connectivity index (χ1) is 9.72. The molecule has 20 heavy (non-hydrogen) atoms. The normalized spacial score (nSPS) is 37.4. The van der Waals surface area contributed by atoms with Crippen LogP contribution in [0, 0.1) is 17.8 Å². The smallest absolute Gasteiger partial charge is 0.225 e. The fraction of sp³-hybridized carbons (Fsp3) is 0.875. The van der Waals surface area contributed by atoms with Crippen LogP contribution in [0.2, 0.25) is 0 Å². The molecule has 3 saturated heterocycles. The molecule has 3 aliphatic heterocycles. The quantitative estimate of drug-likeness (QED) is 0.730. The lowest BCUT2D eigenvalue weighted by Gasteiger charge is -2.53. The molecule has 4 rings (SSSR count). The van der Waals surface area contributed by atoms with E-state index in [1.165, 1.54) is 12.8 Å². The molecule has 3 atom stereocenters. The zero-order valence-corrected chi connectivity index (χ0v) is 12.1. The van der Waals surface area contributed by atoms with Crippen molar-refractivity contribution in [1.82, 2.24) is 9.80 Å². The highest BCUT2D eigenvalue weighted by Crippen LogP contribution is 2.39. The number of likely N-dealkylation sites (tertiary alicyclic amines) is 1. The molecule has 2 bridgehead atoms. The van der Waals surface area contributed by atoms with Crippen molar-refractivity contribution >= 4 is 11.8 Å². The maximum absolute atomic E-state index is 12.5. The highest BCUT2D eigenvalue weighted by Gasteiger charge is 2.45. The molecular weight excluding hydrogens is 252 g/mol. The van der Waals surface area contributed by atoms with Gasteiger partial charge in [-0.05, 0) is 43.9 Å². The Morgan fingerprint density at radius 2 is 1.90 bits per heavy atom. The third kappa shape index (κ3) is 1.95. The number of carbonyl (C=O) groups is 2. The van der Waals surface area contributed by atoms with E-state index >= 15 is 0 Å². The number of fused-ring (bicyclic) bond motifs is 4. The average Bonchev–Trinajstić information content (AvgIpc) is 2.38. The van der Waals surface area contributed by atoms with Crippen molar-refractivity contribution in [3.63, 3.8) is 0 Å². The Hall–Kier alpha value is -1.06. The number of piperidine rings is 3. The number of amides is 2. The second kappa shape index (κ2) is 4.74. The van der Waals surface area contributed by atoms with Gasteiger partial charge in [-0.1, -0.05) is 6.42 Å². The van der Waals surface area contributed by atoms with Crippen LogP contribution >= 0.6 is 0 Å². The van der Waals surface area contributed by atoms with Gasteiger partial charge in [0.2, 0.25) is 11.8 Å². The average molecular weight is 276 g/mol. The minimum Gasteiger partial charge on any atom is -0.342 e. The summed E-state index contributed by atoms with van der Waals surface area (Å²) >= 11 is 0. The van der Waals surface area contributed by atoms with Crippen LogP contribution in [0.25, 0.3) is 0 Å². The molecule has 0 N–H and O–H groups in total. The van der Waals surface area contributed by atoms with E-state index < -0.39 is 0 Å². The molecule has 3 heterocycles. The molecular formula is C16H24N2O2. The number of hydrogen-bond acceptors (Lipinski definition) is 2. The molecule has 0 aromatic carbocycles. The predicted octanol–water partition coefficient (Wildman–Crippen LogP) is 1.65. The van der Waals surface area contributed by atoms with E-state index in [-0.39, 0.29) is 0 Å². The molecule has 0 aromatic heterocycles. The fourth-order valence-corrected chi connectivity index (χ4v) is 4.70. The molecule has 4 aliphatic rings. The molecule has 4 fully saturated rings. The molecule has 0 spiro atoms. The molecule has 110 valence electrons. The largest absolute Gasteiger partial charge is 0.342 e. The van der Waals surface area contributed by atoms with Crippen LogP contribution in [0.5, 0.6) is 0 Å². The van der Waals surface area contributed by atoms with Crippen LogP contribution in [0.15, 0.2) is 0 Å². The summed E-state index contributed by atoms with van der Waals surface area (Å²) < 4.78 is 0. The number of hydrogen-bond donors (Lipinski definition) is 0. The van der Waals surface area contributed by atoms with Crippen molar-refractivity contribution in [2.24, 2.45) is 17.8 Å². The summed E-state index contributed by atoms with van der Waals surface area (Å²) in [6, 6.07) is 0.421. The molecule has 2 unspecified atom stereocenters. The summed E-state index contributed by atoms with van der Waals surface area (Å²) in [6.07, 6.45) is 7.56. The third-order valence-electron chi connectivity index (χ3n) is 5.95. The van der Waals surface area contributed by atoms with Crippen LogP contribution < -0.4 is 0 Å². The summed E-state index contributed by atoms with van der Waals surface area (Å²) in [5, 5.41) is 0. The Morgan fingerprint density at radius 1 is 1.05 bits per heavy atom. The lowest BCUT2D eigenvalue weighted by atomic mass is 9.75. The first-order valence-electron chi connectivity index (χ1n) is 8.30. The van der Waals surface area contributed by atoms with E-state index in [2.05, 4.69) is 9.80 Å². The lowest BCUT2D eigenvalue weighted by molar-refractivity contribution is -0.151. The number of carbonyl (C=O) groups excluding carboxylic acids is 2. The van der Waals surface area contributed by atoms with Gasteiger partial charge >= 0.3 is 0 Å². The van der Waals surface area contributed by atoms with Crippen molar-refractivity contribution < 1.29 is 9.59 Å². The van der Waals surface area contributed by atoms with Gasteiger partial charge in [0.25, 0.3) is 0 Å². The summed E-state index contributed by atoms with van der Waals surface area (Å²) in [7, 11) is 0. The molecule has 4 nitrogen and oxygen atoms in total. The number of rotatable bonds is 1. The topological polar surface area (TPSA) is 40.6 Å². The van der Waals surface area contributed by atoms with E-state index in [1.54, 1.807) is 0 Å². The molecule has 0 radical (unpaired) electrons. The minimum atomic E-state index is 0.318. The summed E-state index contributed by atoms with van der Waals surface area (Å²) in [4.78, 5) is 28.8. The van der Waals surface area contributed by atoms with Gasteiger partial charge in [-0.15, -0.1) is 0 Å². The van der Waals surface area contributed by atoms with Gasteiger partial charge in [-0.2, -0.15) is 0 Å². The number of nitrogens with zero attached hydrogens (tertiary/aromatic N) is 2. The van der Waals surface area contributed by atoms with Crippen LogP contribution in [0.3, 0.4) is 0 Å². The van der Waals surface area contributed by atoms with Crippen molar-refractivity contribution in [2.45, 2.75) is 51.0 Å². The minimum absolute atomic E-state index is 0.318. The van der Waals surface area contributed by atoms with Crippen molar-refractivity contribution in [1.29, 1.82) is 0 Å². The van der Waals surface area contributed by atoms with Gasteiger partial charge in [0.1, 0.15) is 0 Å². The monoisotopic (exact) mass is 276 g/mol. The Morgan fingerprint density at radius 3 is 2.65 bits per heavy atom. The highest BCUT2D eigenvalue weighted by molar-refractivity contribution is 5.80. The third-order valence-corrected chi connectivity index (χ3v) is 5.95. The van der Waals surface area contributed by atoms with Gasteiger partial charge < -0.3 is 9.80 Å². The van der Waals surface area contributed by atoms with Crippen molar-refractivity contribution in [3.8, 4) is 0 Å². The maximum Gasteiger partial charge on any atom is 0.225 e. The molecule has 1 saturated carbocycles. The molecule has 1 aliphatic carbocycles. The van der Waals surface area contributed by atoms with Gasteiger partial charge in [0.05, 0.1) is 0 Å². The second-order valence-corrected chi connectivity index (χ2v) is 7.24. The first kappa shape index (κ1) is 12.7. The first-order valence-corrected chi connectivity index (χ1v) is 8.30. The zero-order chi connectivity index (χ0) is 13.7. The van der Waals surface area contributed by atoms with Gasteiger partial charge in [-0.25, -0.2) is 0 Å².